The summed E-state index contributed by atoms with van der Waals surface area (Å²) in [5.74, 6) is -0.993. The number of nitrogens with zero attached hydrogens (tertiary/aromatic N) is 3. The van der Waals surface area contributed by atoms with Crippen molar-refractivity contribution >= 4 is 64.7 Å². The molecule has 0 fully saturated rings. The van der Waals surface area contributed by atoms with Gasteiger partial charge in [0.2, 0.25) is 0 Å². The van der Waals surface area contributed by atoms with Gasteiger partial charge in [0.05, 0.1) is 47.3 Å². The Kier molecular flexibility index (Phi) is 13.1. The summed E-state index contributed by atoms with van der Waals surface area (Å²) in [4.78, 5) is 13.1. The van der Waals surface area contributed by atoms with Crippen LogP contribution in [0, 0.1) is 17.5 Å². The summed E-state index contributed by atoms with van der Waals surface area (Å²) in [5.41, 5.74) is 3.88. The van der Waals surface area contributed by atoms with E-state index < -0.39 is 0 Å². The van der Waals surface area contributed by atoms with Gasteiger partial charge in [0.1, 0.15) is 49.7 Å². The first-order chi connectivity index (χ1) is 24.7. The molecule has 256 valence electrons. The zero-order valence-corrected chi connectivity index (χ0v) is 36.0. The van der Waals surface area contributed by atoms with Gasteiger partial charge in [-0.15, -0.1) is 34.0 Å². The van der Waals surface area contributed by atoms with Gasteiger partial charge in [-0.3, -0.25) is 0 Å². The van der Waals surface area contributed by atoms with Crippen LogP contribution in [0.25, 0.3) is 62.4 Å². The molecular formula is C39H24F3N3O3S3Zn2. The zero-order chi connectivity index (χ0) is 35.5. The van der Waals surface area contributed by atoms with Crippen LogP contribution in [0.1, 0.15) is 0 Å². The monoisotopic (exact) mass is 863 g/mol. The van der Waals surface area contributed by atoms with Crippen LogP contribution in [0.4, 0.5) is 13.2 Å². The summed E-state index contributed by atoms with van der Waals surface area (Å²) >= 11 is 4.31. The largest absolute Gasteiger partial charge is 0.507 e. The van der Waals surface area contributed by atoms with Gasteiger partial charge in [0.25, 0.3) is 0 Å². The van der Waals surface area contributed by atoms with Gasteiger partial charge >= 0.3 is 0 Å². The summed E-state index contributed by atoms with van der Waals surface area (Å²) in [6, 6.07) is 34.6. The van der Waals surface area contributed by atoms with Crippen LogP contribution >= 0.6 is 34.0 Å². The number of thiazole rings is 3. The maximum absolute atomic E-state index is 13.2. The normalized spacial score (nSPS) is 10.5. The van der Waals surface area contributed by atoms with Crippen molar-refractivity contribution in [1.29, 1.82) is 0 Å². The third-order valence-electron chi connectivity index (χ3n) is 7.45. The number of rotatable bonds is 3. The van der Waals surface area contributed by atoms with E-state index in [1.807, 2.05) is 72.8 Å². The molecule has 0 saturated carbocycles. The molecule has 0 aliphatic carbocycles. The van der Waals surface area contributed by atoms with Crippen LogP contribution in [0.3, 0.4) is 0 Å². The second-order valence-corrected chi connectivity index (χ2v) is 14.0. The van der Waals surface area contributed by atoms with Crippen molar-refractivity contribution in [2.45, 2.75) is 0 Å². The molecule has 0 bridgehead atoms. The quantitative estimate of drug-likeness (QED) is 0.153. The van der Waals surface area contributed by atoms with Gasteiger partial charge in [-0.25, -0.2) is 28.1 Å². The molecule has 3 aromatic heterocycles. The summed E-state index contributed by atoms with van der Waals surface area (Å²) in [6.07, 6.45) is 0. The predicted molar refractivity (Wildman–Crippen MR) is 200 cm³/mol. The fourth-order valence-corrected chi connectivity index (χ4v) is 7.97. The fraction of sp³-hybridized carbons (Fsp3) is 0. The maximum atomic E-state index is 13.2. The van der Waals surface area contributed by atoms with Crippen LogP contribution in [0.2, 0.25) is 0 Å². The molecule has 3 N–H and O–H groups in total. The van der Waals surface area contributed by atoms with Gasteiger partial charge in [-0.05, 0) is 91.0 Å². The predicted octanol–water partition coefficient (Wildman–Crippen LogP) is 11.4. The average Bonchev–Trinajstić information content (AvgIpc) is 3.88. The van der Waals surface area contributed by atoms with Gasteiger partial charge in [0, 0.05) is 39.0 Å². The Morgan fingerprint density at radius 3 is 0.906 bits per heavy atom. The van der Waals surface area contributed by atoms with E-state index in [9.17, 15) is 28.5 Å². The maximum Gasteiger partial charge on any atom is 0.128 e. The number of halogens is 3. The number of para-hydroxylation sites is 3. The van der Waals surface area contributed by atoms with Crippen molar-refractivity contribution in [2.75, 3.05) is 0 Å². The van der Waals surface area contributed by atoms with Crippen LogP contribution in [0.15, 0.2) is 127 Å². The third kappa shape index (κ3) is 9.15. The number of benzene rings is 6. The van der Waals surface area contributed by atoms with Crippen LogP contribution in [0.5, 0.6) is 17.2 Å². The van der Waals surface area contributed by atoms with E-state index in [2.05, 4.69) is 15.0 Å². The van der Waals surface area contributed by atoms with Crippen molar-refractivity contribution < 1.29 is 67.4 Å². The van der Waals surface area contributed by atoms with E-state index in [1.165, 1.54) is 88.6 Å². The molecular weight excluding hydrogens is 842 g/mol. The van der Waals surface area contributed by atoms with Gasteiger partial charge < -0.3 is 15.3 Å². The molecule has 9 aromatic rings. The minimum atomic E-state index is -0.378. The number of phenols is 3. The Hall–Kier alpha value is -4.57. The third-order valence-corrected chi connectivity index (χ3v) is 10.7. The standard InChI is InChI=1S/3C13H8FNOS.2Zn/c3*14-8-5-6-11(16)9(7-8)13-15-10-3-1-2-4-12(10)17-13;;/h3*1-7,16H;;. The summed E-state index contributed by atoms with van der Waals surface area (Å²) in [5, 5.41) is 31.0. The molecule has 0 amide bonds. The number of aromatic hydroxyl groups is 3. The molecule has 53 heavy (non-hydrogen) atoms. The first kappa shape index (κ1) is 39.6. The Labute approximate surface area is 338 Å². The first-order valence-corrected chi connectivity index (χ1v) is 17.7. The number of hydrogen-bond donors (Lipinski definition) is 3. The van der Waals surface area contributed by atoms with Crippen molar-refractivity contribution in [3.63, 3.8) is 0 Å². The second kappa shape index (κ2) is 17.5. The molecule has 0 radical (unpaired) electrons. The molecule has 0 unspecified atom stereocenters. The minimum absolute atomic E-state index is 0. The van der Waals surface area contributed by atoms with E-state index >= 15 is 0 Å². The Morgan fingerprint density at radius 1 is 0.377 bits per heavy atom. The summed E-state index contributed by atoms with van der Waals surface area (Å²) in [6.45, 7) is 0. The number of aromatic nitrogens is 3. The zero-order valence-electron chi connectivity index (χ0n) is 27.6. The van der Waals surface area contributed by atoms with Gasteiger partial charge in [-0.1, -0.05) is 36.4 Å². The molecule has 6 aromatic carbocycles. The molecule has 0 saturated heterocycles. The second-order valence-electron chi connectivity index (χ2n) is 10.9. The van der Waals surface area contributed by atoms with Crippen LogP contribution in [-0.2, 0) is 39.0 Å². The Bertz CT molecular complexity index is 2280. The van der Waals surface area contributed by atoms with Crippen molar-refractivity contribution in [3.05, 3.63) is 145 Å². The Morgan fingerprint density at radius 2 is 0.642 bits per heavy atom. The molecule has 0 spiro atoms. The molecule has 14 heteroatoms. The molecule has 0 aliphatic heterocycles. The topological polar surface area (TPSA) is 99.4 Å². The number of hydrogen-bond acceptors (Lipinski definition) is 9. The van der Waals surface area contributed by atoms with Crippen molar-refractivity contribution in [3.8, 4) is 49.0 Å². The molecule has 0 aliphatic rings. The number of fused-ring (bicyclic) bond motifs is 3. The SMILES string of the molecule is Oc1ccc(F)cc1-c1nc2ccccc2s1.Oc1ccc(F)cc1-c1nc2ccccc2s1.Oc1ccc(F)cc1-c1nc2ccccc2s1.[Zn].[Zn]. The molecule has 3 heterocycles. The Balaban J connectivity index is 0.000000150. The molecule has 9 rings (SSSR count). The van der Waals surface area contributed by atoms with Crippen molar-refractivity contribution in [1.82, 2.24) is 15.0 Å². The van der Waals surface area contributed by atoms with Crippen LogP contribution < -0.4 is 0 Å². The molecule has 0 atom stereocenters. The van der Waals surface area contributed by atoms with Gasteiger partial charge in [-0.2, -0.15) is 0 Å². The van der Waals surface area contributed by atoms with E-state index in [0.29, 0.717) is 31.7 Å². The van der Waals surface area contributed by atoms with E-state index in [-0.39, 0.29) is 73.7 Å². The van der Waals surface area contributed by atoms with E-state index in [4.69, 9.17) is 0 Å². The van der Waals surface area contributed by atoms with E-state index in [0.717, 1.165) is 30.6 Å². The summed E-state index contributed by atoms with van der Waals surface area (Å²) < 4.78 is 42.5. The first-order valence-electron chi connectivity index (χ1n) is 15.3. The van der Waals surface area contributed by atoms with Gasteiger partial charge in [0.15, 0.2) is 0 Å². The molecule has 6 nitrogen and oxygen atoms in total. The fourth-order valence-electron chi connectivity index (χ4n) is 5.00. The van der Waals surface area contributed by atoms with E-state index in [1.54, 1.807) is 0 Å². The number of phenolic OH excluding ortho intramolecular Hbond substituents is 3. The minimum Gasteiger partial charge on any atom is -0.507 e. The summed E-state index contributed by atoms with van der Waals surface area (Å²) in [7, 11) is 0. The average molecular weight is 867 g/mol. The smallest absolute Gasteiger partial charge is 0.128 e. The van der Waals surface area contributed by atoms with Crippen molar-refractivity contribution in [2.24, 2.45) is 0 Å². The van der Waals surface area contributed by atoms with Crippen LogP contribution in [-0.4, -0.2) is 30.3 Å².